The zero-order valence-electron chi connectivity index (χ0n) is 9.55. The molecule has 0 aliphatic heterocycles. The van der Waals surface area contributed by atoms with Crippen LogP contribution in [-0.2, 0) is 4.79 Å². The van der Waals surface area contributed by atoms with E-state index in [2.05, 4.69) is 0 Å². The van der Waals surface area contributed by atoms with Crippen molar-refractivity contribution in [2.75, 3.05) is 0 Å². The van der Waals surface area contributed by atoms with Crippen molar-refractivity contribution in [1.29, 1.82) is 0 Å². The monoisotopic (exact) mass is 258 g/mol. The van der Waals surface area contributed by atoms with Crippen molar-refractivity contribution in [3.63, 3.8) is 0 Å². The second-order valence-corrected chi connectivity index (χ2v) is 4.06. The molecular formula is C15H11ClO2. The van der Waals surface area contributed by atoms with Crippen LogP contribution in [0.4, 0.5) is 0 Å². The second-order valence-electron chi connectivity index (χ2n) is 3.62. The number of carbonyl (C=O) groups excluding carboxylic acids is 1. The van der Waals surface area contributed by atoms with E-state index in [9.17, 15) is 4.79 Å². The zero-order chi connectivity index (χ0) is 12.8. The minimum absolute atomic E-state index is 0.406. The molecule has 90 valence electrons. The summed E-state index contributed by atoms with van der Waals surface area (Å²) in [5.74, 6) is 0.124. The highest BCUT2D eigenvalue weighted by molar-refractivity contribution is 6.30. The van der Waals surface area contributed by atoms with Gasteiger partial charge >= 0.3 is 5.97 Å². The van der Waals surface area contributed by atoms with Crippen LogP contribution >= 0.6 is 11.6 Å². The number of halogens is 1. The minimum Gasteiger partial charge on any atom is -0.423 e. The van der Waals surface area contributed by atoms with Crippen molar-refractivity contribution in [2.45, 2.75) is 0 Å². The molecule has 0 unspecified atom stereocenters. The Labute approximate surface area is 110 Å². The number of hydrogen-bond acceptors (Lipinski definition) is 2. The number of carbonyl (C=O) groups is 1. The van der Waals surface area contributed by atoms with Gasteiger partial charge < -0.3 is 4.74 Å². The lowest BCUT2D eigenvalue weighted by Gasteiger charge is -1.99. The third kappa shape index (κ3) is 3.75. The van der Waals surface area contributed by atoms with Gasteiger partial charge in [-0.05, 0) is 35.9 Å². The number of para-hydroxylation sites is 1. The van der Waals surface area contributed by atoms with Gasteiger partial charge in [0.15, 0.2) is 0 Å². The lowest BCUT2D eigenvalue weighted by atomic mass is 10.2. The second kappa shape index (κ2) is 6.03. The van der Waals surface area contributed by atoms with Crippen molar-refractivity contribution in [3.8, 4) is 5.75 Å². The number of esters is 1. The maximum atomic E-state index is 11.5. The smallest absolute Gasteiger partial charge is 0.336 e. The lowest BCUT2D eigenvalue weighted by molar-refractivity contribution is -0.128. The van der Waals surface area contributed by atoms with Gasteiger partial charge in [0, 0.05) is 11.1 Å². The molecule has 2 nitrogen and oxygen atoms in total. The van der Waals surface area contributed by atoms with Crippen LogP contribution in [0, 0.1) is 0 Å². The van der Waals surface area contributed by atoms with E-state index < -0.39 is 5.97 Å². The Bertz CT molecular complexity index is 544. The first-order valence-corrected chi connectivity index (χ1v) is 5.82. The molecule has 18 heavy (non-hydrogen) atoms. The molecule has 3 heteroatoms. The highest BCUT2D eigenvalue weighted by Crippen LogP contribution is 2.12. The fraction of sp³-hybridized carbons (Fsp3) is 0. The summed E-state index contributed by atoms with van der Waals surface area (Å²) in [5, 5.41) is 0.666. The third-order valence-electron chi connectivity index (χ3n) is 2.24. The molecule has 0 bridgehead atoms. The molecule has 2 aromatic rings. The van der Waals surface area contributed by atoms with Crippen molar-refractivity contribution in [1.82, 2.24) is 0 Å². The molecule has 0 atom stereocenters. The molecule has 0 radical (unpaired) electrons. The first kappa shape index (κ1) is 12.4. The van der Waals surface area contributed by atoms with Crippen LogP contribution in [-0.4, -0.2) is 5.97 Å². The van der Waals surface area contributed by atoms with Gasteiger partial charge in [0.25, 0.3) is 0 Å². The van der Waals surface area contributed by atoms with E-state index >= 15 is 0 Å². The fourth-order valence-corrected chi connectivity index (χ4v) is 1.50. The lowest BCUT2D eigenvalue weighted by Crippen LogP contribution is -2.03. The van der Waals surface area contributed by atoms with E-state index in [1.165, 1.54) is 6.08 Å². The van der Waals surface area contributed by atoms with Gasteiger partial charge in [-0.25, -0.2) is 4.79 Å². The van der Waals surface area contributed by atoms with Crippen molar-refractivity contribution in [2.24, 2.45) is 0 Å². The Kier molecular flexibility index (Phi) is 4.15. The summed E-state index contributed by atoms with van der Waals surface area (Å²) in [7, 11) is 0. The maximum Gasteiger partial charge on any atom is 0.336 e. The van der Waals surface area contributed by atoms with Crippen LogP contribution in [0.1, 0.15) is 5.56 Å². The highest BCUT2D eigenvalue weighted by atomic mass is 35.5. The van der Waals surface area contributed by atoms with E-state index in [0.29, 0.717) is 10.8 Å². The number of ether oxygens (including phenoxy) is 1. The maximum absolute atomic E-state index is 11.5. The predicted molar refractivity (Wildman–Crippen MR) is 72.6 cm³/mol. The number of rotatable bonds is 3. The Morgan fingerprint density at radius 2 is 1.67 bits per heavy atom. The Balaban J connectivity index is 1.97. The quantitative estimate of drug-likeness (QED) is 0.473. The SMILES string of the molecule is O=C(C=Cc1ccc(Cl)cc1)Oc1ccccc1. The van der Waals surface area contributed by atoms with Gasteiger partial charge in [0.1, 0.15) is 5.75 Å². The molecule has 0 N–H and O–H groups in total. The Morgan fingerprint density at radius 1 is 1.00 bits per heavy atom. The van der Waals surface area contributed by atoms with Crippen molar-refractivity contribution >= 4 is 23.6 Å². The van der Waals surface area contributed by atoms with E-state index in [4.69, 9.17) is 16.3 Å². The summed E-state index contributed by atoms with van der Waals surface area (Å²) in [5.41, 5.74) is 0.893. The van der Waals surface area contributed by atoms with Crippen LogP contribution in [0.5, 0.6) is 5.75 Å². The highest BCUT2D eigenvalue weighted by Gasteiger charge is 1.98. The summed E-state index contributed by atoms with van der Waals surface area (Å²) >= 11 is 5.77. The molecule has 0 amide bonds. The van der Waals surface area contributed by atoms with Gasteiger partial charge in [-0.3, -0.25) is 0 Å². The van der Waals surface area contributed by atoms with Crippen LogP contribution in [0.2, 0.25) is 5.02 Å². The Hall–Kier alpha value is -2.06. The van der Waals surface area contributed by atoms with Crippen LogP contribution in [0.3, 0.4) is 0 Å². The summed E-state index contributed by atoms with van der Waals surface area (Å²) in [6, 6.07) is 16.1. The molecule has 0 saturated heterocycles. The third-order valence-corrected chi connectivity index (χ3v) is 2.50. The van der Waals surface area contributed by atoms with Crippen molar-refractivity contribution in [3.05, 3.63) is 71.3 Å². The molecule has 2 aromatic carbocycles. The van der Waals surface area contributed by atoms with E-state index in [0.717, 1.165) is 5.56 Å². The van der Waals surface area contributed by atoms with Crippen molar-refractivity contribution < 1.29 is 9.53 Å². The minimum atomic E-state index is -0.406. The van der Waals surface area contributed by atoms with E-state index in [-0.39, 0.29) is 0 Å². The molecule has 0 aromatic heterocycles. The van der Waals surface area contributed by atoms with Crippen LogP contribution < -0.4 is 4.74 Å². The van der Waals surface area contributed by atoms with Crippen LogP contribution in [0.25, 0.3) is 6.08 Å². The van der Waals surface area contributed by atoms with E-state index in [1.54, 1.807) is 30.3 Å². The molecule has 0 saturated carbocycles. The molecule has 0 heterocycles. The molecular weight excluding hydrogens is 248 g/mol. The molecule has 0 spiro atoms. The number of benzene rings is 2. The topological polar surface area (TPSA) is 26.3 Å². The largest absolute Gasteiger partial charge is 0.423 e. The molecule has 0 aliphatic rings. The zero-order valence-corrected chi connectivity index (χ0v) is 10.3. The van der Waals surface area contributed by atoms with E-state index in [1.807, 2.05) is 30.3 Å². The average molecular weight is 259 g/mol. The van der Waals surface area contributed by atoms with Gasteiger partial charge in [0.2, 0.25) is 0 Å². The van der Waals surface area contributed by atoms with Gasteiger partial charge in [-0.2, -0.15) is 0 Å². The molecule has 0 aliphatic carbocycles. The van der Waals surface area contributed by atoms with Gasteiger partial charge in [-0.1, -0.05) is 41.9 Å². The Morgan fingerprint density at radius 3 is 2.33 bits per heavy atom. The van der Waals surface area contributed by atoms with Gasteiger partial charge in [-0.15, -0.1) is 0 Å². The fourth-order valence-electron chi connectivity index (χ4n) is 1.38. The summed E-state index contributed by atoms with van der Waals surface area (Å²) < 4.78 is 5.11. The standard InChI is InChI=1S/C15H11ClO2/c16-13-9-6-12(7-10-13)8-11-15(17)18-14-4-2-1-3-5-14/h1-11H. The average Bonchev–Trinajstić information content (AvgIpc) is 2.39. The summed E-state index contributed by atoms with van der Waals surface area (Å²) in [6.07, 6.45) is 3.07. The number of hydrogen-bond donors (Lipinski definition) is 0. The predicted octanol–water partition coefficient (Wildman–Crippen LogP) is 3.96. The van der Waals surface area contributed by atoms with Crippen LogP contribution in [0.15, 0.2) is 60.7 Å². The first-order valence-electron chi connectivity index (χ1n) is 5.44. The summed E-state index contributed by atoms with van der Waals surface area (Å²) in [6.45, 7) is 0. The van der Waals surface area contributed by atoms with Gasteiger partial charge in [0.05, 0.1) is 0 Å². The molecule has 0 fully saturated rings. The summed E-state index contributed by atoms with van der Waals surface area (Å²) in [4.78, 5) is 11.5. The molecule has 2 rings (SSSR count). The normalized spacial score (nSPS) is 10.5. The first-order chi connectivity index (χ1) is 8.74.